The number of hydrogen-bond donors (Lipinski definition) is 1. The van der Waals surface area contributed by atoms with E-state index in [4.69, 9.17) is 5.73 Å². The Morgan fingerprint density at radius 2 is 1.80 bits per heavy atom. The molecule has 0 rings (SSSR count). The molecule has 0 saturated carbocycles. The molecule has 0 saturated heterocycles. The van der Waals surface area contributed by atoms with E-state index >= 15 is 0 Å². The maximum atomic E-state index is 6.09. The summed E-state index contributed by atoms with van der Waals surface area (Å²) in [5, 5.41) is -0.250. The van der Waals surface area contributed by atoms with Crippen LogP contribution in [-0.4, -0.2) is 5.11 Å². The zero-order chi connectivity index (χ0) is 3.58. The number of thiocarbonyl (C=S) groups is 1. The van der Waals surface area contributed by atoms with Crippen molar-refractivity contribution < 1.29 is 19.5 Å². The quantitative estimate of drug-likeness (QED) is 0.388. The first-order valence-electron chi connectivity index (χ1n) is 0.743. The Hall–Kier alpha value is 0.313. The maximum Gasteiger partial charge on any atom is 0 e. The Labute approximate surface area is 48.7 Å². The molecular weight excluding hydrogens is 137 g/mol. The average molecular weight is 141 g/mol. The van der Waals surface area contributed by atoms with Crippen LogP contribution in [0.25, 0.3) is 5.73 Å². The second-order valence-electron chi connectivity index (χ2n) is 0.364. The van der Waals surface area contributed by atoms with Crippen molar-refractivity contribution in [3.8, 4) is 0 Å². The summed E-state index contributed by atoms with van der Waals surface area (Å²) in [6.45, 7) is 0. The Balaban J connectivity index is 0. The van der Waals surface area contributed by atoms with E-state index in [1.54, 1.807) is 0 Å². The second kappa shape index (κ2) is 4.31. The molecule has 0 bridgehead atoms. The number of rotatable bonds is 0. The number of hydrogen-bond acceptors (Lipinski definition) is 1. The van der Waals surface area contributed by atoms with E-state index in [2.05, 4.69) is 18.0 Å². The topological polar surface area (TPSA) is 49.8 Å². The molecule has 0 aromatic rings. The zero-order valence-corrected chi connectivity index (χ0v) is 6.48. The van der Waals surface area contributed by atoms with Crippen molar-refractivity contribution in [2.45, 2.75) is 0 Å². The van der Waals surface area contributed by atoms with Crippen LogP contribution >= 0.6 is 12.2 Å². The molecule has 0 aliphatic rings. The van der Waals surface area contributed by atoms with E-state index in [1.807, 2.05) is 0 Å². The molecule has 2 nitrogen and oxygen atoms in total. The van der Waals surface area contributed by atoms with Crippen molar-refractivity contribution >= 4 is 17.3 Å². The third-order valence-corrected chi connectivity index (χ3v) is 0. The van der Waals surface area contributed by atoms with Crippen molar-refractivity contribution in [3.05, 3.63) is 5.73 Å². The smallest absolute Gasteiger partial charge is 0 e. The Morgan fingerprint density at radius 1 is 1.80 bits per heavy atom. The number of nitrogens with two attached hydrogens (primary N) is 1. The first-order chi connectivity index (χ1) is 1.73. The van der Waals surface area contributed by atoms with Crippen LogP contribution in [0.15, 0.2) is 0 Å². The molecule has 0 aliphatic heterocycles. The largest absolute Gasteiger partial charge is 0.486 e. The summed E-state index contributed by atoms with van der Waals surface area (Å²) in [5.74, 6) is 0. The summed E-state index contributed by atoms with van der Waals surface area (Å²) in [5.41, 5.74) is 10.6. The van der Waals surface area contributed by atoms with Crippen molar-refractivity contribution in [2.24, 2.45) is 5.73 Å². The fourth-order valence-electron chi connectivity index (χ4n) is 0. The predicted octanol–water partition coefficient (Wildman–Crippen LogP) is 0.280. The Bertz CT molecular complexity index is 32.6. The van der Waals surface area contributed by atoms with E-state index < -0.39 is 0 Å². The Morgan fingerprint density at radius 3 is 1.80 bits per heavy atom. The van der Waals surface area contributed by atoms with Gasteiger partial charge in [0.1, 0.15) is 0 Å². The standard InChI is InChI=1S/CH4N2S.Zn/c2-1(3)4;/h(H4,2,3,4);/p-1. The van der Waals surface area contributed by atoms with Crippen molar-refractivity contribution in [3.63, 3.8) is 0 Å². The van der Waals surface area contributed by atoms with Crippen LogP contribution in [0, 0.1) is 0 Å². The van der Waals surface area contributed by atoms with Gasteiger partial charge in [0.15, 0.2) is 0 Å². The third-order valence-electron chi connectivity index (χ3n) is 0. The van der Waals surface area contributed by atoms with Gasteiger partial charge < -0.3 is 11.5 Å². The predicted molar refractivity (Wildman–Crippen MR) is 21.1 cm³/mol. The van der Waals surface area contributed by atoms with Crippen molar-refractivity contribution in [2.75, 3.05) is 0 Å². The summed E-state index contributed by atoms with van der Waals surface area (Å²) >= 11 is 3.98. The summed E-state index contributed by atoms with van der Waals surface area (Å²) in [6.07, 6.45) is 0. The maximum absolute atomic E-state index is 6.09. The summed E-state index contributed by atoms with van der Waals surface area (Å²) < 4.78 is 0. The van der Waals surface area contributed by atoms with Gasteiger partial charge in [0.2, 0.25) is 0 Å². The molecule has 0 radical (unpaired) electrons. The normalized spacial score (nSPS) is 4.80. The van der Waals surface area contributed by atoms with Gasteiger partial charge in [0.25, 0.3) is 0 Å². The molecule has 0 aromatic carbocycles. The van der Waals surface area contributed by atoms with Gasteiger partial charge in [-0.3, -0.25) is 0 Å². The van der Waals surface area contributed by atoms with Crippen molar-refractivity contribution in [1.29, 1.82) is 0 Å². The molecule has 0 aliphatic carbocycles. The molecule has 0 amide bonds. The monoisotopic (exact) mass is 139 g/mol. The van der Waals surface area contributed by atoms with E-state index in [-0.39, 0.29) is 24.6 Å². The second-order valence-corrected chi connectivity index (χ2v) is 0.804. The van der Waals surface area contributed by atoms with Crippen LogP contribution < -0.4 is 5.73 Å². The fourth-order valence-corrected chi connectivity index (χ4v) is 0. The van der Waals surface area contributed by atoms with Gasteiger partial charge in [-0.1, -0.05) is 12.2 Å². The molecule has 0 fully saturated rings. The molecule has 0 heterocycles. The molecule has 0 unspecified atom stereocenters. The van der Waals surface area contributed by atoms with Crippen LogP contribution in [0.1, 0.15) is 0 Å². The van der Waals surface area contributed by atoms with E-state index in [0.29, 0.717) is 0 Å². The molecule has 26 valence electrons. The summed E-state index contributed by atoms with van der Waals surface area (Å²) in [7, 11) is 0. The first-order valence-corrected chi connectivity index (χ1v) is 1.15. The minimum atomic E-state index is -0.250. The van der Waals surface area contributed by atoms with Crippen LogP contribution in [0.4, 0.5) is 0 Å². The average Bonchev–Trinajstić information content (AvgIpc) is 0.811. The van der Waals surface area contributed by atoms with Crippen molar-refractivity contribution in [1.82, 2.24) is 0 Å². The van der Waals surface area contributed by atoms with Gasteiger partial charge in [0, 0.05) is 19.5 Å². The van der Waals surface area contributed by atoms with Gasteiger partial charge in [-0.2, -0.15) is 0 Å². The summed E-state index contributed by atoms with van der Waals surface area (Å²) in [4.78, 5) is 0. The molecule has 0 aromatic heterocycles. The zero-order valence-electron chi connectivity index (χ0n) is 2.69. The van der Waals surface area contributed by atoms with Gasteiger partial charge in [-0.05, 0) is 5.11 Å². The molecule has 3 N–H and O–H groups in total. The minimum absolute atomic E-state index is 0. The fraction of sp³-hybridized carbons (Fsp3) is 0. The molecule has 5 heavy (non-hydrogen) atoms. The van der Waals surface area contributed by atoms with Gasteiger partial charge in [-0.15, -0.1) is 0 Å². The SMILES string of the molecule is [NH-]C(N)=S.[Zn]. The van der Waals surface area contributed by atoms with Crippen LogP contribution in [0.2, 0.25) is 0 Å². The van der Waals surface area contributed by atoms with Gasteiger partial charge in [-0.25, -0.2) is 0 Å². The van der Waals surface area contributed by atoms with E-state index in [9.17, 15) is 0 Å². The summed E-state index contributed by atoms with van der Waals surface area (Å²) in [6, 6.07) is 0. The molecule has 4 heteroatoms. The molecular formula is CH3N2SZn-. The van der Waals surface area contributed by atoms with E-state index in [0.717, 1.165) is 0 Å². The van der Waals surface area contributed by atoms with Gasteiger partial charge >= 0.3 is 0 Å². The van der Waals surface area contributed by atoms with Crippen LogP contribution in [0.5, 0.6) is 0 Å². The van der Waals surface area contributed by atoms with Gasteiger partial charge in [0.05, 0.1) is 0 Å². The Kier molecular flexibility index (Phi) is 7.77. The minimum Gasteiger partial charge on any atom is -0.486 e. The van der Waals surface area contributed by atoms with Crippen LogP contribution in [-0.2, 0) is 19.5 Å². The first kappa shape index (κ1) is 9.00. The van der Waals surface area contributed by atoms with Crippen LogP contribution in [0.3, 0.4) is 0 Å². The number of nitrogens with one attached hydrogen (secondary N) is 1. The van der Waals surface area contributed by atoms with E-state index in [1.165, 1.54) is 0 Å². The third kappa shape index (κ3) is 235. The molecule has 0 atom stereocenters. The molecule has 0 spiro atoms.